The Labute approximate surface area is 92.2 Å². The average molecular weight is 223 g/mol. The molecule has 0 aliphatic carbocycles. The molecular weight excluding hydrogens is 210 g/mol. The molecule has 0 aliphatic rings. The number of benzene rings is 1. The lowest BCUT2D eigenvalue weighted by molar-refractivity contribution is -0.138. The summed E-state index contributed by atoms with van der Waals surface area (Å²) in [6.45, 7) is -0.0488. The monoisotopic (exact) mass is 223 g/mol. The molecule has 0 spiro atoms. The number of para-hydroxylation sites is 1. The Bertz CT molecular complexity index is 406. The Morgan fingerprint density at radius 2 is 2.00 bits per heavy atom. The van der Waals surface area contributed by atoms with Gasteiger partial charge in [-0.1, -0.05) is 18.2 Å². The van der Waals surface area contributed by atoms with E-state index in [1.807, 2.05) is 0 Å². The smallest absolute Gasteiger partial charge is 0.316 e. The maximum atomic E-state index is 10.9. The number of carbonyl (C=O) groups excluding carboxylic acids is 1. The van der Waals surface area contributed by atoms with E-state index in [2.05, 4.69) is 5.32 Å². The Morgan fingerprint density at radius 3 is 2.50 bits per heavy atom. The number of carboxylic acid groups (broad SMARTS) is 1. The summed E-state index contributed by atoms with van der Waals surface area (Å²) in [5, 5.41) is 11.3. The van der Waals surface area contributed by atoms with Crippen LogP contribution in [-0.2, 0) is 4.79 Å². The van der Waals surface area contributed by atoms with E-state index in [1.165, 1.54) is 0 Å². The number of aliphatic carboxylic acids is 1. The molecule has 6 heteroatoms. The molecule has 0 bridgehead atoms. The predicted molar refractivity (Wildman–Crippen MR) is 59.1 cm³/mol. The van der Waals surface area contributed by atoms with Gasteiger partial charge in [0.2, 0.25) is 0 Å². The van der Waals surface area contributed by atoms with Crippen molar-refractivity contribution in [1.82, 2.24) is 0 Å². The fraction of sp³-hybridized carbons (Fsp3) is 0.200. The van der Waals surface area contributed by atoms with Crippen molar-refractivity contribution in [2.75, 3.05) is 11.9 Å². The summed E-state index contributed by atoms with van der Waals surface area (Å²) < 4.78 is 0. The number of nitrogens with two attached hydrogens (primary N) is 2. The summed E-state index contributed by atoms with van der Waals surface area (Å²) in [6.07, 6.45) is 0. The van der Waals surface area contributed by atoms with Crippen LogP contribution in [0.3, 0.4) is 0 Å². The number of hydrogen-bond donors (Lipinski definition) is 4. The Kier molecular flexibility index (Phi) is 3.84. The van der Waals surface area contributed by atoms with Gasteiger partial charge in [-0.3, -0.25) is 4.79 Å². The first-order chi connectivity index (χ1) is 7.56. The number of urea groups is 1. The quantitative estimate of drug-likeness (QED) is 0.587. The van der Waals surface area contributed by atoms with Crippen molar-refractivity contribution < 1.29 is 14.7 Å². The molecule has 16 heavy (non-hydrogen) atoms. The SMILES string of the molecule is NCC(C(=O)O)c1ccccc1NC(N)=O. The first-order valence-electron chi connectivity index (χ1n) is 4.64. The van der Waals surface area contributed by atoms with Crippen molar-refractivity contribution in [2.24, 2.45) is 11.5 Å². The summed E-state index contributed by atoms with van der Waals surface area (Å²) in [4.78, 5) is 21.7. The van der Waals surface area contributed by atoms with Gasteiger partial charge in [0.1, 0.15) is 0 Å². The molecule has 2 amide bonds. The number of rotatable bonds is 4. The molecule has 1 aromatic carbocycles. The Balaban J connectivity index is 3.10. The standard InChI is InChI=1S/C10H13N3O3/c11-5-7(9(14)15)6-3-1-2-4-8(6)13-10(12)16/h1-4,7H,5,11H2,(H,14,15)(H3,12,13,16). The second-order valence-electron chi connectivity index (χ2n) is 3.20. The molecule has 0 radical (unpaired) electrons. The lowest BCUT2D eigenvalue weighted by Crippen LogP contribution is -2.25. The van der Waals surface area contributed by atoms with Gasteiger partial charge in [0.05, 0.1) is 5.92 Å². The Hall–Kier alpha value is -2.08. The highest BCUT2D eigenvalue weighted by molar-refractivity contribution is 5.90. The summed E-state index contributed by atoms with van der Waals surface area (Å²) in [5.41, 5.74) is 11.2. The van der Waals surface area contributed by atoms with Crippen molar-refractivity contribution in [3.63, 3.8) is 0 Å². The van der Waals surface area contributed by atoms with Crippen LogP contribution in [0.1, 0.15) is 11.5 Å². The third kappa shape index (κ3) is 2.71. The van der Waals surface area contributed by atoms with Crippen LogP contribution in [0.15, 0.2) is 24.3 Å². The molecule has 0 saturated carbocycles. The molecule has 1 unspecified atom stereocenters. The van der Waals surface area contributed by atoms with Crippen molar-refractivity contribution in [2.45, 2.75) is 5.92 Å². The maximum absolute atomic E-state index is 10.9. The van der Waals surface area contributed by atoms with Crippen LogP contribution in [0.4, 0.5) is 10.5 Å². The third-order valence-corrected chi connectivity index (χ3v) is 2.13. The number of nitrogens with one attached hydrogen (secondary N) is 1. The highest BCUT2D eigenvalue weighted by atomic mass is 16.4. The minimum absolute atomic E-state index is 0.0488. The predicted octanol–water partition coefficient (Wildman–Crippen LogP) is 0.304. The van der Waals surface area contributed by atoms with Crippen molar-refractivity contribution in [3.8, 4) is 0 Å². The zero-order valence-corrected chi connectivity index (χ0v) is 8.51. The largest absolute Gasteiger partial charge is 0.481 e. The lowest BCUT2D eigenvalue weighted by atomic mass is 9.97. The molecule has 0 aromatic heterocycles. The molecule has 0 heterocycles. The van der Waals surface area contributed by atoms with Crippen LogP contribution in [0, 0.1) is 0 Å². The molecule has 0 fully saturated rings. The summed E-state index contributed by atoms with van der Waals surface area (Å²) in [6, 6.07) is 5.77. The minimum Gasteiger partial charge on any atom is -0.481 e. The van der Waals surface area contributed by atoms with Gasteiger partial charge in [-0.15, -0.1) is 0 Å². The van der Waals surface area contributed by atoms with E-state index in [-0.39, 0.29) is 6.54 Å². The number of anilines is 1. The number of carboxylic acids is 1. The normalized spacial score (nSPS) is 11.8. The highest BCUT2D eigenvalue weighted by Gasteiger charge is 2.21. The van der Waals surface area contributed by atoms with E-state index >= 15 is 0 Å². The maximum Gasteiger partial charge on any atom is 0.316 e. The van der Waals surface area contributed by atoms with Gasteiger partial charge >= 0.3 is 12.0 Å². The summed E-state index contributed by atoms with van der Waals surface area (Å²) >= 11 is 0. The van der Waals surface area contributed by atoms with Crippen molar-refractivity contribution in [1.29, 1.82) is 0 Å². The molecule has 1 aromatic rings. The zero-order chi connectivity index (χ0) is 12.1. The van der Waals surface area contributed by atoms with Crippen LogP contribution in [0.25, 0.3) is 0 Å². The number of carbonyl (C=O) groups is 2. The van der Waals surface area contributed by atoms with E-state index in [4.69, 9.17) is 16.6 Å². The Morgan fingerprint density at radius 1 is 1.38 bits per heavy atom. The fourth-order valence-corrected chi connectivity index (χ4v) is 1.41. The first-order valence-corrected chi connectivity index (χ1v) is 4.64. The second-order valence-corrected chi connectivity index (χ2v) is 3.20. The zero-order valence-electron chi connectivity index (χ0n) is 8.51. The number of primary amides is 1. The fourth-order valence-electron chi connectivity index (χ4n) is 1.41. The van der Waals surface area contributed by atoms with E-state index in [0.717, 1.165) is 0 Å². The van der Waals surface area contributed by atoms with Gasteiger partial charge in [0, 0.05) is 12.2 Å². The molecule has 86 valence electrons. The number of amides is 2. The molecule has 6 N–H and O–H groups in total. The second kappa shape index (κ2) is 5.13. The van der Waals surface area contributed by atoms with Crippen molar-refractivity contribution >= 4 is 17.7 Å². The molecule has 0 saturated heterocycles. The number of hydrogen-bond acceptors (Lipinski definition) is 3. The third-order valence-electron chi connectivity index (χ3n) is 2.13. The van der Waals surface area contributed by atoms with E-state index in [9.17, 15) is 9.59 Å². The van der Waals surface area contributed by atoms with E-state index in [0.29, 0.717) is 11.3 Å². The average Bonchev–Trinajstić information content (AvgIpc) is 2.20. The first kappa shape index (κ1) is 12.0. The summed E-state index contributed by atoms with van der Waals surface area (Å²) in [5.74, 6) is -1.90. The van der Waals surface area contributed by atoms with Crippen LogP contribution >= 0.6 is 0 Å². The van der Waals surface area contributed by atoms with Crippen LogP contribution in [0.5, 0.6) is 0 Å². The van der Waals surface area contributed by atoms with Gasteiger partial charge in [-0.25, -0.2) is 4.79 Å². The summed E-state index contributed by atoms with van der Waals surface area (Å²) in [7, 11) is 0. The van der Waals surface area contributed by atoms with Crippen LogP contribution < -0.4 is 16.8 Å². The minimum atomic E-state index is -1.04. The van der Waals surface area contributed by atoms with Crippen molar-refractivity contribution in [3.05, 3.63) is 29.8 Å². The van der Waals surface area contributed by atoms with Gasteiger partial charge in [-0.2, -0.15) is 0 Å². The van der Waals surface area contributed by atoms with Gasteiger partial charge < -0.3 is 21.9 Å². The van der Waals surface area contributed by atoms with E-state index < -0.39 is 17.9 Å². The molecule has 1 rings (SSSR count). The molecule has 0 aliphatic heterocycles. The van der Waals surface area contributed by atoms with E-state index in [1.54, 1.807) is 24.3 Å². The van der Waals surface area contributed by atoms with Crippen LogP contribution in [0.2, 0.25) is 0 Å². The highest BCUT2D eigenvalue weighted by Crippen LogP contribution is 2.23. The molecule has 1 atom stereocenters. The lowest BCUT2D eigenvalue weighted by Gasteiger charge is -2.14. The molecule has 6 nitrogen and oxygen atoms in total. The van der Waals surface area contributed by atoms with Gasteiger partial charge in [0.15, 0.2) is 0 Å². The van der Waals surface area contributed by atoms with Gasteiger partial charge in [0.25, 0.3) is 0 Å². The molecular formula is C10H13N3O3. The van der Waals surface area contributed by atoms with Crippen LogP contribution in [-0.4, -0.2) is 23.7 Å². The van der Waals surface area contributed by atoms with Gasteiger partial charge in [-0.05, 0) is 11.6 Å². The topological polar surface area (TPSA) is 118 Å².